The van der Waals surface area contributed by atoms with E-state index in [0.717, 1.165) is 10.2 Å². The van der Waals surface area contributed by atoms with Crippen molar-refractivity contribution >= 4 is 43.9 Å². The first-order valence-corrected chi connectivity index (χ1v) is 8.20. The number of fused-ring (bicyclic) bond motifs is 2. The van der Waals surface area contributed by atoms with Gasteiger partial charge in [0.15, 0.2) is 5.78 Å². The number of hydrogen-bond donors (Lipinski definition) is 2. The molecule has 0 saturated heterocycles. The van der Waals surface area contributed by atoms with Crippen LogP contribution in [0.1, 0.15) is 22.8 Å². The molecule has 1 heterocycles. The van der Waals surface area contributed by atoms with Crippen molar-refractivity contribution in [3.8, 4) is 0 Å². The number of carbonyl (C=O) groups excluding carboxylic acids is 1. The summed E-state index contributed by atoms with van der Waals surface area (Å²) in [6.45, 7) is 1.69. The molecule has 4 rings (SSSR count). The summed E-state index contributed by atoms with van der Waals surface area (Å²) in [5.74, 6) is -0.238. The SMILES string of the molecule is C/C(=N\Nc1nc2ccccc2s1)C1=C(O)c2ccccc2C1=O. The molecule has 1 aliphatic rings. The molecule has 0 radical (unpaired) electrons. The number of hydrogen-bond acceptors (Lipinski definition) is 6. The van der Waals surface area contributed by atoms with E-state index in [0.29, 0.717) is 22.0 Å². The number of aliphatic hydroxyl groups is 1. The Labute approximate surface area is 142 Å². The van der Waals surface area contributed by atoms with Crippen molar-refractivity contribution < 1.29 is 9.90 Å². The predicted molar refractivity (Wildman–Crippen MR) is 96.7 cm³/mol. The van der Waals surface area contributed by atoms with Crippen LogP contribution in [0.4, 0.5) is 5.13 Å². The highest BCUT2D eigenvalue weighted by molar-refractivity contribution is 7.22. The minimum absolute atomic E-state index is 0.0250. The Hall–Kier alpha value is -2.99. The van der Waals surface area contributed by atoms with Crippen LogP contribution < -0.4 is 5.43 Å². The summed E-state index contributed by atoms with van der Waals surface area (Å²) in [5, 5.41) is 15.2. The molecule has 0 amide bonds. The quantitative estimate of drug-likeness (QED) is 0.554. The molecule has 5 nitrogen and oxygen atoms in total. The molecule has 1 aliphatic carbocycles. The second-order valence-corrected chi connectivity index (χ2v) is 6.42. The van der Waals surface area contributed by atoms with Gasteiger partial charge in [0.2, 0.25) is 5.13 Å². The molecular formula is C18H13N3O2S. The van der Waals surface area contributed by atoms with Gasteiger partial charge in [-0.3, -0.25) is 10.2 Å². The van der Waals surface area contributed by atoms with Crippen LogP contribution >= 0.6 is 11.3 Å². The second kappa shape index (κ2) is 5.58. The molecule has 0 fully saturated rings. The van der Waals surface area contributed by atoms with E-state index in [4.69, 9.17) is 0 Å². The smallest absolute Gasteiger partial charge is 0.204 e. The minimum Gasteiger partial charge on any atom is -0.506 e. The Morgan fingerprint density at radius 2 is 1.83 bits per heavy atom. The maximum absolute atomic E-state index is 12.5. The van der Waals surface area contributed by atoms with Gasteiger partial charge in [-0.25, -0.2) is 4.98 Å². The molecule has 0 spiro atoms. The predicted octanol–water partition coefficient (Wildman–Crippen LogP) is 4.25. The molecule has 0 atom stereocenters. The minimum atomic E-state index is -0.213. The summed E-state index contributed by atoms with van der Waals surface area (Å²) in [5.41, 5.74) is 5.47. The highest BCUT2D eigenvalue weighted by Crippen LogP contribution is 2.32. The highest BCUT2D eigenvalue weighted by atomic mass is 32.1. The van der Waals surface area contributed by atoms with Gasteiger partial charge < -0.3 is 5.11 Å². The van der Waals surface area contributed by atoms with Gasteiger partial charge in [0, 0.05) is 11.1 Å². The molecule has 6 heteroatoms. The topological polar surface area (TPSA) is 74.6 Å². The third kappa shape index (κ3) is 2.28. The first kappa shape index (κ1) is 14.6. The summed E-state index contributed by atoms with van der Waals surface area (Å²) in [4.78, 5) is 16.9. The third-order valence-corrected chi connectivity index (χ3v) is 4.81. The van der Waals surface area contributed by atoms with Crippen molar-refractivity contribution in [2.45, 2.75) is 6.92 Å². The van der Waals surface area contributed by atoms with Gasteiger partial charge in [-0.1, -0.05) is 47.7 Å². The van der Waals surface area contributed by atoms with Crippen LogP contribution in [-0.2, 0) is 0 Å². The van der Waals surface area contributed by atoms with E-state index in [1.807, 2.05) is 24.3 Å². The molecule has 0 aliphatic heterocycles. The van der Waals surface area contributed by atoms with Crippen molar-refractivity contribution in [1.82, 2.24) is 4.98 Å². The van der Waals surface area contributed by atoms with Crippen molar-refractivity contribution in [2.75, 3.05) is 5.43 Å². The van der Waals surface area contributed by atoms with Crippen LogP contribution in [0.3, 0.4) is 0 Å². The average Bonchev–Trinajstić information content (AvgIpc) is 3.13. The third-order valence-electron chi connectivity index (χ3n) is 3.87. The number of benzene rings is 2. The summed E-state index contributed by atoms with van der Waals surface area (Å²) in [7, 11) is 0. The molecule has 2 N–H and O–H groups in total. The number of nitrogens with one attached hydrogen (secondary N) is 1. The summed E-state index contributed by atoms with van der Waals surface area (Å²) >= 11 is 1.48. The van der Waals surface area contributed by atoms with Gasteiger partial charge in [-0.15, -0.1) is 0 Å². The number of thiazole rings is 1. The Kier molecular flexibility index (Phi) is 3.39. The van der Waals surface area contributed by atoms with Crippen LogP contribution in [0.2, 0.25) is 0 Å². The first-order chi connectivity index (χ1) is 11.6. The van der Waals surface area contributed by atoms with Crippen LogP contribution in [0.25, 0.3) is 16.0 Å². The number of Topliss-reactive ketones (excluding diaryl/α,β-unsaturated/α-hetero) is 1. The van der Waals surface area contributed by atoms with Crippen molar-refractivity contribution in [3.05, 3.63) is 65.2 Å². The molecule has 2 aromatic carbocycles. The number of rotatable bonds is 3. The van der Waals surface area contributed by atoms with Crippen LogP contribution in [-0.4, -0.2) is 21.6 Å². The maximum atomic E-state index is 12.5. The van der Waals surface area contributed by atoms with Gasteiger partial charge in [0.05, 0.1) is 21.5 Å². The lowest BCUT2D eigenvalue weighted by molar-refractivity contribution is 0.104. The van der Waals surface area contributed by atoms with Gasteiger partial charge in [-0.05, 0) is 19.1 Å². The monoisotopic (exact) mass is 335 g/mol. The largest absolute Gasteiger partial charge is 0.506 e. The highest BCUT2D eigenvalue weighted by Gasteiger charge is 2.30. The van der Waals surface area contributed by atoms with Crippen molar-refractivity contribution in [2.24, 2.45) is 5.10 Å². The number of ketones is 1. The summed E-state index contributed by atoms with van der Waals surface area (Å²) in [6, 6.07) is 14.8. The molecular weight excluding hydrogens is 322 g/mol. The van der Waals surface area contributed by atoms with E-state index in [1.54, 1.807) is 31.2 Å². The zero-order valence-electron chi connectivity index (χ0n) is 12.8. The summed E-state index contributed by atoms with van der Waals surface area (Å²) < 4.78 is 1.05. The van der Waals surface area contributed by atoms with E-state index in [9.17, 15) is 9.90 Å². The van der Waals surface area contributed by atoms with Crippen LogP contribution in [0, 0.1) is 0 Å². The molecule has 1 aromatic heterocycles. The van der Waals surface area contributed by atoms with E-state index < -0.39 is 0 Å². The van der Waals surface area contributed by atoms with E-state index in [2.05, 4.69) is 15.5 Å². The molecule has 0 saturated carbocycles. The van der Waals surface area contributed by atoms with Gasteiger partial charge in [0.1, 0.15) is 5.76 Å². The standard InChI is InChI=1S/C18H13N3O2S/c1-10(15-16(22)11-6-2-3-7-12(11)17(15)23)20-21-18-19-13-8-4-5-9-14(13)24-18/h2-9,22H,1H3,(H,19,21)/b20-10+. The lowest BCUT2D eigenvalue weighted by atomic mass is 10.1. The number of carbonyl (C=O) groups is 1. The van der Waals surface area contributed by atoms with Gasteiger partial charge in [0.25, 0.3) is 0 Å². The van der Waals surface area contributed by atoms with Crippen molar-refractivity contribution in [3.63, 3.8) is 0 Å². The Balaban J connectivity index is 1.64. The number of hydrazone groups is 1. The number of nitrogens with zero attached hydrogens (tertiary/aromatic N) is 2. The molecule has 0 bridgehead atoms. The second-order valence-electron chi connectivity index (χ2n) is 5.39. The van der Waals surface area contributed by atoms with E-state index >= 15 is 0 Å². The van der Waals surface area contributed by atoms with Crippen LogP contribution in [0.5, 0.6) is 0 Å². The normalized spacial score (nSPS) is 14.4. The Bertz CT molecular complexity index is 1000. The molecule has 0 unspecified atom stereocenters. The van der Waals surface area contributed by atoms with Gasteiger partial charge in [-0.2, -0.15) is 5.10 Å². The van der Waals surface area contributed by atoms with Crippen molar-refractivity contribution in [1.29, 1.82) is 0 Å². The number of aromatic nitrogens is 1. The first-order valence-electron chi connectivity index (χ1n) is 7.39. The number of para-hydroxylation sites is 1. The fourth-order valence-electron chi connectivity index (χ4n) is 2.71. The van der Waals surface area contributed by atoms with E-state index in [1.165, 1.54) is 11.3 Å². The van der Waals surface area contributed by atoms with Gasteiger partial charge >= 0.3 is 0 Å². The zero-order chi connectivity index (χ0) is 16.7. The lowest BCUT2D eigenvalue weighted by Crippen LogP contribution is -2.09. The number of allylic oxidation sites excluding steroid dienone is 1. The molecule has 24 heavy (non-hydrogen) atoms. The maximum Gasteiger partial charge on any atom is 0.204 e. The Morgan fingerprint density at radius 1 is 1.12 bits per heavy atom. The molecule has 3 aromatic rings. The average molecular weight is 335 g/mol. The van der Waals surface area contributed by atoms with Crippen LogP contribution in [0.15, 0.2) is 59.2 Å². The Morgan fingerprint density at radius 3 is 2.58 bits per heavy atom. The zero-order valence-corrected chi connectivity index (χ0v) is 13.6. The summed E-state index contributed by atoms with van der Waals surface area (Å²) in [6.07, 6.45) is 0. The molecule has 118 valence electrons. The van der Waals surface area contributed by atoms with E-state index in [-0.39, 0.29) is 17.1 Å². The number of anilines is 1. The fourth-order valence-corrected chi connectivity index (χ4v) is 3.52. The number of aliphatic hydroxyl groups excluding tert-OH is 1. The lowest BCUT2D eigenvalue weighted by Gasteiger charge is -2.01. The fraction of sp³-hybridized carbons (Fsp3) is 0.0556.